The maximum atomic E-state index is 12.0. The molecule has 20 heavy (non-hydrogen) atoms. The lowest BCUT2D eigenvalue weighted by molar-refractivity contribution is 0.0981. The van der Waals surface area contributed by atoms with Gasteiger partial charge in [-0.25, -0.2) is 0 Å². The quantitative estimate of drug-likeness (QED) is 0.643. The molecule has 0 aliphatic rings. The predicted molar refractivity (Wildman–Crippen MR) is 87.7 cm³/mol. The monoisotopic (exact) mass is 329 g/mol. The first-order valence-electron chi connectivity index (χ1n) is 6.74. The van der Waals surface area contributed by atoms with Gasteiger partial charge in [0.25, 0.3) is 0 Å². The number of carbonyl (C=O) groups is 1. The van der Waals surface area contributed by atoms with Crippen molar-refractivity contribution < 1.29 is 4.79 Å². The highest BCUT2D eigenvalue weighted by molar-refractivity contribution is 9.10. The second-order valence-electron chi connectivity index (χ2n) is 5.21. The van der Waals surface area contributed by atoms with Gasteiger partial charge < -0.3 is 0 Å². The molecule has 0 fully saturated rings. The Morgan fingerprint density at radius 1 is 0.850 bits per heavy atom. The van der Waals surface area contributed by atoms with Crippen LogP contribution in [0.1, 0.15) is 37.0 Å². The summed E-state index contributed by atoms with van der Waals surface area (Å²) in [5.74, 6) is 1.51. The molecule has 0 unspecified atom stereocenters. The fraction of sp³-hybridized carbons (Fsp3) is 0.222. The van der Waals surface area contributed by atoms with Crippen molar-refractivity contribution in [2.24, 2.45) is 0 Å². The van der Waals surface area contributed by atoms with Crippen LogP contribution in [0, 0.1) is 5.92 Å². The van der Waals surface area contributed by atoms with Gasteiger partial charge in [-0.1, -0.05) is 66.2 Å². The fourth-order valence-corrected chi connectivity index (χ4v) is 2.26. The Morgan fingerprint density at radius 3 is 1.85 bits per heavy atom. The van der Waals surface area contributed by atoms with Gasteiger partial charge in [0.1, 0.15) is 0 Å². The topological polar surface area (TPSA) is 17.1 Å². The van der Waals surface area contributed by atoms with Gasteiger partial charge in [0, 0.05) is 16.5 Å². The van der Waals surface area contributed by atoms with Crippen LogP contribution in [-0.4, -0.2) is 5.78 Å². The lowest BCUT2D eigenvalue weighted by Gasteiger charge is -2.06. The van der Waals surface area contributed by atoms with Gasteiger partial charge in [0.15, 0.2) is 5.78 Å². The molecule has 0 saturated heterocycles. The first-order chi connectivity index (χ1) is 9.56. The molecule has 0 heterocycles. The molecule has 2 rings (SSSR count). The second-order valence-corrected chi connectivity index (χ2v) is 6.13. The number of Topliss-reactive ketones (excluding diaryl/α,β-unsaturated/α-hetero) is 1. The predicted octanol–water partition coefficient (Wildman–Crippen LogP) is 5.69. The van der Waals surface area contributed by atoms with E-state index in [9.17, 15) is 4.79 Å². The first-order valence-corrected chi connectivity index (χ1v) is 7.54. The van der Waals surface area contributed by atoms with E-state index in [0.717, 1.165) is 27.6 Å². The van der Waals surface area contributed by atoms with Crippen LogP contribution in [-0.2, 0) is 0 Å². The first kappa shape index (κ1) is 15.0. The largest absolute Gasteiger partial charge is 0.294 e. The number of rotatable bonds is 5. The molecule has 0 aromatic heterocycles. The molecule has 1 nitrogen and oxygen atoms in total. The summed E-state index contributed by atoms with van der Waals surface area (Å²) in [6, 6.07) is 16.0. The van der Waals surface area contributed by atoms with Crippen molar-refractivity contribution in [1.82, 2.24) is 0 Å². The summed E-state index contributed by atoms with van der Waals surface area (Å²) >= 11 is 3.43. The molecule has 0 N–H and O–H groups in total. The molecular weight excluding hydrogens is 312 g/mol. The number of hydrogen-bond donors (Lipinski definition) is 0. The van der Waals surface area contributed by atoms with Crippen molar-refractivity contribution in [2.75, 3.05) is 0 Å². The van der Waals surface area contributed by atoms with Crippen LogP contribution in [0.5, 0.6) is 0 Å². The second kappa shape index (κ2) is 6.85. The molecule has 103 valence electrons. The third-order valence-electron chi connectivity index (χ3n) is 3.24. The number of ketones is 1. The van der Waals surface area contributed by atoms with E-state index in [0.29, 0.717) is 6.42 Å². The van der Waals surface area contributed by atoms with Crippen molar-refractivity contribution in [3.63, 3.8) is 0 Å². The Bertz CT molecular complexity index is 567. The Balaban J connectivity index is 2.10. The third-order valence-corrected chi connectivity index (χ3v) is 3.77. The van der Waals surface area contributed by atoms with E-state index in [-0.39, 0.29) is 5.78 Å². The Morgan fingerprint density at radius 2 is 1.35 bits per heavy atom. The normalized spacial score (nSPS) is 10.8. The van der Waals surface area contributed by atoms with Crippen LogP contribution in [0.4, 0.5) is 0 Å². The van der Waals surface area contributed by atoms with Gasteiger partial charge in [0.05, 0.1) is 0 Å². The average Bonchev–Trinajstić information content (AvgIpc) is 2.46. The van der Waals surface area contributed by atoms with E-state index in [2.05, 4.69) is 41.9 Å². The number of halogens is 1. The maximum absolute atomic E-state index is 12.0. The van der Waals surface area contributed by atoms with Gasteiger partial charge in [-0.2, -0.15) is 0 Å². The summed E-state index contributed by atoms with van der Waals surface area (Å²) in [5, 5.41) is 0. The zero-order valence-corrected chi connectivity index (χ0v) is 13.4. The summed E-state index contributed by atoms with van der Waals surface area (Å²) in [6.07, 6.45) is 1.47. The summed E-state index contributed by atoms with van der Waals surface area (Å²) in [4.78, 5) is 12.0. The molecule has 0 spiro atoms. The minimum Gasteiger partial charge on any atom is -0.294 e. The number of hydrogen-bond acceptors (Lipinski definition) is 1. The van der Waals surface area contributed by atoms with Crippen LogP contribution in [0.3, 0.4) is 0 Å². The molecule has 2 aromatic rings. The standard InChI is InChI=1S/C18H18BrO/c1-13(2)3-12-18(20)16-6-4-14(5-7-16)15-8-10-17(19)11-9-15/h4-11H,3,12H2,1-2H3. The number of benzene rings is 2. The van der Waals surface area contributed by atoms with E-state index in [1.807, 2.05) is 36.4 Å². The third kappa shape index (κ3) is 4.04. The zero-order chi connectivity index (χ0) is 14.5. The highest BCUT2D eigenvalue weighted by Gasteiger charge is 2.07. The highest BCUT2D eigenvalue weighted by atomic mass is 79.9. The van der Waals surface area contributed by atoms with Gasteiger partial charge in [0.2, 0.25) is 0 Å². The molecule has 0 aliphatic heterocycles. The van der Waals surface area contributed by atoms with Crippen molar-refractivity contribution in [3.8, 4) is 11.1 Å². The molecule has 2 aromatic carbocycles. The van der Waals surface area contributed by atoms with Crippen LogP contribution in [0.15, 0.2) is 53.0 Å². The van der Waals surface area contributed by atoms with Gasteiger partial charge in [-0.3, -0.25) is 4.79 Å². The average molecular weight is 330 g/mol. The van der Waals surface area contributed by atoms with E-state index in [4.69, 9.17) is 0 Å². The summed E-state index contributed by atoms with van der Waals surface area (Å²) < 4.78 is 1.07. The van der Waals surface area contributed by atoms with Gasteiger partial charge >= 0.3 is 0 Å². The van der Waals surface area contributed by atoms with E-state index in [1.54, 1.807) is 0 Å². The number of carbonyl (C=O) groups excluding carboxylic acids is 1. The Labute approximate surface area is 129 Å². The Kier molecular flexibility index (Phi) is 5.13. The lowest BCUT2D eigenvalue weighted by atomic mass is 9.99. The lowest BCUT2D eigenvalue weighted by Crippen LogP contribution is -2.00. The molecule has 0 amide bonds. The smallest absolute Gasteiger partial charge is 0.162 e. The SMILES string of the molecule is C[C](C)CCC(=O)c1ccc(-c2ccc(Br)cc2)cc1. The molecule has 0 aliphatic carbocycles. The van der Waals surface area contributed by atoms with Crippen LogP contribution < -0.4 is 0 Å². The van der Waals surface area contributed by atoms with Crippen LogP contribution in [0.2, 0.25) is 0 Å². The maximum Gasteiger partial charge on any atom is 0.162 e. The van der Waals surface area contributed by atoms with Gasteiger partial charge in [-0.05, 0) is 35.6 Å². The Hall–Kier alpha value is -1.41. The minimum absolute atomic E-state index is 0.216. The van der Waals surface area contributed by atoms with Crippen molar-refractivity contribution in [1.29, 1.82) is 0 Å². The molecule has 2 heteroatoms. The van der Waals surface area contributed by atoms with Crippen LogP contribution >= 0.6 is 15.9 Å². The van der Waals surface area contributed by atoms with Crippen molar-refractivity contribution in [2.45, 2.75) is 26.7 Å². The van der Waals surface area contributed by atoms with E-state index < -0.39 is 0 Å². The molecule has 0 saturated carbocycles. The zero-order valence-electron chi connectivity index (χ0n) is 11.8. The minimum atomic E-state index is 0.216. The molecule has 0 atom stereocenters. The summed E-state index contributed by atoms with van der Waals surface area (Å²) in [6.45, 7) is 4.12. The molecular formula is C18H18BrO. The highest BCUT2D eigenvalue weighted by Crippen LogP contribution is 2.22. The van der Waals surface area contributed by atoms with E-state index in [1.165, 1.54) is 5.92 Å². The van der Waals surface area contributed by atoms with E-state index >= 15 is 0 Å². The fourth-order valence-electron chi connectivity index (χ4n) is 2.00. The van der Waals surface area contributed by atoms with Crippen molar-refractivity contribution in [3.05, 3.63) is 64.5 Å². The van der Waals surface area contributed by atoms with Crippen molar-refractivity contribution >= 4 is 21.7 Å². The summed E-state index contributed by atoms with van der Waals surface area (Å²) in [5.41, 5.74) is 3.09. The van der Waals surface area contributed by atoms with Crippen LogP contribution in [0.25, 0.3) is 11.1 Å². The summed E-state index contributed by atoms with van der Waals surface area (Å²) in [7, 11) is 0. The molecule has 0 bridgehead atoms. The van der Waals surface area contributed by atoms with Gasteiger partial charge in [-0.15, -0.1) is 0 Å². The molecule has 1 radical (unpaired) electrons.